The number of hydrogen-bond acceptors (Lipinski definition) is 4. The normalized spacial score (nSPS) is 12.4. The van der Waals surface area contributed by atoms with Crippen molar-refractivity contribution < 1.29 is 9.84 Å². The highest BCUT2D eigenvalue weighted by Gasteiger charge is 2.16. The Bertz CT molecular complexity index is 534. The molecule has 1 atom stereocenters. The van der Waals surface area contributed by atoms with Crippen LogP contribution in [0.4, 0.5) is 5.82 Å². The predicted molar refractivity (Wildman–Crippen MR) is 73.9 cm³/mol. The van der Waals surface area contributed by atoms with Crippen molar-refractivity contribution in [1.82, 2.24) is 9.78 Å². The van der Waals surface area contributed by atoms with Crippen LogP contribution >= 0.6 is 0 Å². The molecule has 0 saturated carbocycles. The lowest BCUT2D eigenvalue weighted by Gasteiger charge is -2.11. The number of rotatable bonds is 5. The van der Waals surface area contributed by atoms with Gasteiger partial charge in [-0.15, -0.1) is 0 Å². The summed E-state index contributed by atoms with van der Waals surface area (Å²) in [5, 5.41) is 14.3. The number of aromatic nitrogens is 2. The first-order valence-corrected chi connectivity index (χ1v) is 6.31. The van der Waals surface area contributed by atoms with Gasteiger partial charge in [-0.1, -0.05) is 19.1 Å². The molecular formula is C14H19N3O2. The Hall–Kier alpha value is -2.01. The SMILES string of the molecule is CCCOc1ccc(C(O)c2cnn(C)c2N)cc1. The van der Waals surface area contributed by atoms with Gasteiger partial charge >= 0.3 is 0 Å². The predicted octanol–water partition coefficient (Wildman–Crippen LogP) is 1.87. The summed E-state index contributed by atoms with van der Waals surface area (Å²) in [7, 11) is 1.74. The van der Waals surface area contributed by atoms with Gasteiger partial charge in [0, 0.05) is 12.6 Å². The minimum Gasteiger partial charge on any atom is -0.494 e. The van der Waals surface area contributed by atoms with Crippen molar-refractivity contribution in [3.8, 4) is 5.75 Å². The smallest absolute Gasteiger partial charge is 0.127 e. The average molecular weight is 261 g/mol. The van der Waals surface area contributed by atoms with Crippen LogP contribution in [0.2, 0.25) is 0 Å². The summed E-state index contributed by atoms with van der Waals surface area (Å²) in [6.07, 6.45) is 1.78. The van der Waals surface area contributed by atoms with Crippen molar-refractivity contribution in [1.29, 1.82) is 0 Å². The maximum Gasteiger partial charge on any atom is 0.127 e. The van der Waals surface area contributed by atoms with Gasteiger partial charge in [-0.2, -0.15) is 5.10 Å². The zero-order valence-electron chi connectivity index (χ0n) is 11.2. The molecule has 2 aromatic rings. The Morgan fingerprint density at radius 2 is 2.05 bits per heavy atom. The van der Waals surface area contributed by atoms with Crippen LogP contribution in [0.1, 0.15) is 30.6 Å². The Labute approximate surface area is 112 Å². The second kappa shape index (κ2) is 5.75. The van der Waals surface area contributed by atoms with Crippen molar-refractivity contribution in [2.24, 2.45) is 7.05 Å². The van der Waals surface area contributed by atoms with Crippen molar-refractivity contribution >= 4 is 5.82 Å². The molecular weight excluding hydrogens is 242 g/mol. The van der Waals surface area contributed by atoms with Crippen LogP contribution in [-0.4, -0.2) is 21.5 Å². The second-order valence-electron chi connectivity index (χ2n) is 4.43. The van der Waals surface area contributed by atoms with Gasteiger partial charge in [-0.25, -0.2) is 0 Å². The van der Waals surface area contributed by atoms with Gasteiger partial charge in [0.15, 0.2) is 0 Å². The Morgan fingerprint density at radius 1 is 1.37 bits per heavy atom. The van der Waals surface area contributed by atoms with Gasteiger partial charge in [-0.05, 0) is 24.1 Å². The van der Waals surface area contributed by atoms with Crippen molar-refractivity contribution in [3.05, 3.63) is 41.6 Å². The first kappa shape index (κ1) is 13.4. The van der Waals surface area contributed by atoms with Crippen LogP contribution in [0.25, 0.3) is 0 Å². The first-order chi connectivity index (χ1) is 9.13. The summed E-state index contributed by atoms with van der Waals surface area (Å²) in [5.41, 5.74) is 7.23. The number of aliphatic hydroxyl groups excluding tert-OH is 1. The number of nitrogens with two attached hydrogens (primary N) is 1. The van der Waals surface area contributed by atoms with E-state index in [1.807, 2.05) is 24.3 Å². The van der Waals surface area contributed by atoms with E-state index in [0.717, 1.165) is 17.7 Å². The molecule has 1 aromatic heterocycles. The van der Waals surface area contributed by atoms with Gasteiger partial charge in [0.1, 0.15) is 17.7 Å². The monoisotopic (exact) mass is 261 g/mol. The third kappa shape index (κ3) is 2.88. The van der Waals surface area contributed by atoms with Crippen LogP contribution in [-0.2, 0) is 7.05 Å². The van der Waals surface area contributed by atoms with E-state index >= 15 is 0 Å². The maximum atomic E-state index is 10.3. The van der Waals surface area contributed by atoms with Gasteiger partial charge in [0.05, 0.1) is 12.8 Å². The van der Waals surface area contributed by atoms with E-state index in [0.29, 0.717) is 18.0 Å². The summed E-state index contributed by atoms with van der Waals surface area (Å²) in [5.74, 6) is 1.27. The topological polar surface area (TPSA) is 73.3 Å². The number of aliphatic hydroxyl groups is 1. The lowest BCUT2D eigenvalue weighted by molar-refractivity contribution is 0.221. The number of nitrogen functional groups attached to an aromatic ring is 1. The fraction of sp³-hybridized carbons (Fsp3) is 0.357. The number of benzene rings is 1. The van der Waals surface area contributed by atoms with E-state index in [1.165, 1.54) is 4.68 Å². The fourth-order valence-corrected chi connectivity index (χ4v) is 1.82. The molecule has 1 unspecified atom stereocenters. The molecule has 0 amide bonds. The third-order valence-corrected chi connectivity index (χ3v) is 2.98. The minimum atomic E-state index is -0.770. The highest BCUT2D eigenvalue weighted by molar-refractivity contribution is 5.44. The molecule has 0 aliphatic rings. The third-order valence-electron chi connectivity index (χ3n) is 2.98. The van der Waals surface area contributed by atoms with E-state index < -0.39 is 6.10 Å². The van der Waals surface area contributed by atoms with E-state index in [9.17, 15) is 5.11 Å². The maximum absolute atomic E-state index is 10.3. The molecule has 0 fully saturated rings. The van der Waals surface area contributed by atoms with Gasteiger partial charge in [0.2, 0.25) is 0 Å². The quantitative estimate of drug-likeness (QED) is 0.861. The summed E-state index contributed by atoms with van der Waals surface area (Å²) < 4.78 is 7.04. The number of anilines is 1. The highest BCUT2D eigenvalue weighted by Crippen LogP contribution is 2.27. The number of nitrogens with zero attached hydrogens (tertiary/aromatic N) is 2. The Kier molecular flexibility index (Phi) is 4.06. The Morgan fingerprint density at radius 3 is 2.58 bits per heavy atom. The van der Waals surface area contributed by atoms with Gasteiger partial charge < -0.3 is 15.6 Å². The molecule has 0 radical (unpaired) electrons. The van der Waals surface area contributed by atoms with Crippen LogP contribution in [0.3, 0.4) is 0 Å². The summed E-state index contributed by atoms with van der Waals surface area (Å²) in [4.78, 5) is 0. The molecule has 0 aliphatic heterocycles. The van der Waals surface area contributed by atoms with E-state index in [-0.39, 0.29) is 0 Å². The Balaban J connectivity index is 2.15. The zero-order valence-corrected chi connectivity index (χ0v) is 11.2. The lowest BCUT2D eigenvalue weighted by Crippen LogP contribution is -2.05. The van der Waals surface area contributed by atoms with Crippen LogP contribution in [0.5, 0.6) is 5.75 Å². The summed E-state index contributed by atoms with van der Waals surface area (Å²) in [6, 6.07) is 7.37. The van der Waals surface area contributed by atoms with Crippen molar-refractivity contribution in [3.63, 3.8) is 0 Å². The molecule has 5 heteroatoms. The molecule has 0 saturated heterocycles. The molecule has 0 bridgehead atoms. The molecule has 102 valence electrons. The van der Waals surface area contributed by atoms with Gasteiger partial charge in [0.25, 0.3) is 0 Å². The van der Waals surface area contributed by atoms with E-state index in [1.54, 1.807) is 13.2 Å². The van der Waals surface area contributed by atoms with Crippen LogP contribution in [0.15, 0.2) is 30.5 Å². The van der Waals surface area contributed by atoms with Crippen molar-refractivity contribution in [2.45, 2.75) is 19.4 Å². The number of aryl methyl sites for hydroxylation is 1. The molecule has 3 N–H and O–H groups in total. The van der Waals surface area contributed by atoms with Crippen molar-refractivity contribution in [2.75, 3.05) is 12.3 Å². The van der Waals surface area contributed by atoms with Gasteiger partial charge in [-0.3, -0.25) is 4.68 Å². The second-order valence-corrected chi connectivity index (χ2v) is 4.43. The largest absolute Gasteiger partial charge is 0.494 e. The molecule has 5 nitrogen and oxygen atoms in total. The molecule has 0 spiro atoms. The molecule has 2 rings (SSSR count). The summed E-state index contributed by atoms with van der Waals surface area (Å²) >= 11 is 0. The number of hydrogen-bond donors (Lipinski definition) is 2. The highest BCUT2D eigenvalue weighted by atomic mass is 16.5. The number of ether oxygens (including phenoxy) is 1. The molecule has 0 aliphatic carbocycles. The minimum absolute atomic E-state index is 0.471. The standard InChI is InChI=1S/C14H19N3O2/c1-3-8-19-11-6-4-10(5-7-11)13(18)12-9-16-17(2)14(12)15/h4-7,9,13,18H,3,8,15H2,1-2H3. The van der Waals surface area contributed by atoms with Crippen LogP contribution < -0.4 is 10.5 Å². The summed E-state index contributed by atoms with van der Waals surface area (Å²) in [6.45, 7) is 2.75. The molecule has 1 heterocycles. The van der Waals surface area contributed by atoms with E-state index in [2.05, 4.69) is 12.0 Å². The molecule has 1 aromatic carbocycles. The first-order valence-electron chi connectivity index (χ1n) is 6.31. The van der Waals surface area contributed by atoms with E-state index in [4.69, 9.17) is 10.5 Å². The lowest BCUT2D eigenvalue weighted by atomic mass is 10.0. The average Bonchev–Trinajstić information content (AvgIpc) is 2.76. The fourth-order valence-electron chi connectivity index (χ4n) is 1.82. The zero-order chi connectivity index (χ0) is 13.8. The van der Waals surface area contributed by atoms with Crippen LogP contribution in [0, 0.1) is 0 Å². The molecule has 19 heavy (non-hydrogen) atoms.